The first-order valence-electron chi connectivity index (χ1n) is 6.18. The highest BCUT2D eigenvalue weighted by Gasteiger charge is 2.45. The van der Waals surface area contributed by atoms with E-state index in [1.807, 2.05) is 0 Å². The van der Waals surface area contributed by atoms with Crippen molar-refractivity contribution < 1.29 is 4.52 Å². The predicted octanol–water partition coefficient (Wildman–Crippen LogP) is 2.18. The van der Waals surface area contributed by atoms with E-state index in [1.54, 1.807) is 0 Å². The van der Waals surface area contributed by atoms with Gasteiger partial charge in [0, 0.05) is 10.8 Å². The highest BCUT2D eigenvalue weighted by atomic mass is 35.5. The lowest BCUT2D eigenvalue weighted by molar-refractivity contribution is 0.296. The van der Waals surface area contributed by atoms with Crippen LogP contribution in [0.4, 0.5) is 0 Å². The van der Waals surface area contributed by atoms with Gasteiger partial charge in [-0.1, -0.05) is 19.0 Å². The number of halogens is 1. The fraction of sp³-hybridized carbons (Fsp3) is 0.833. The lowest BCUT2D eigenvalue weighted by Gasteiger charge is -2.30. The highest BCUT2D eigenvalue weighted by Crippen LogP contribution is 2.47. The molecule has 2 aliphatic rings. The average Bonchev–Trinajstić information content (AvgIpc) is 2.84. The number of rotatable bonds is 2. The van der Waals surface area contributed by atoms with Crippen molar-refractivity contribution in [1.29, 1.82) is 0 Å². The fourth-order valence-electron chi connectivity index (χ4n) is 2.32. The average molecular weight is 258 g/mol. The van der Waals surface area contributed by atoms with Crippen molar-refractivity contribution in [3.8, 4) is 0 Å². The number of hydrogen-bond acceptors (Lipinski definition) is 4. The van der Waals surface area contributed by atoms with Crippen LogP contribution in [0.1, 0.15) is 51.2 Å². The summed E-state index contributed by atoms with van der Waals surface area (Å²) in [4.78, 5) is 4.63. The Morgan fingerprint density at radius 2 is 1.71 bits per heavy atom. The largest absolute Gasteiger partial charge is 0.339 e. The lowest BCUT2D eigenvalue weighted by atomic mass is 9.80. The molecular formula is C12H20ClN3O. The van der Waals surface area contributed by atoms with E-state index in [0.29, 0.717) is 0 Å². The topological polar surface area (TPSA) is 51.0 Å². The summed E-state index contributed by atoms with van der Waals surface area (Å²) in [5, 5.41) is 7.58. The SMILES string of the molecule is CC1(c2noc(C3(C)CC3)n2)CCNCC1.Cl. The predicted molar refractivity (Wildman–Crippen MR) is 67.6 cm³/mol. The third-order valence-corrected chi connectivity index (χ3v) is 4.19. The van der Waals surface area contributed by atoms with E-state index in [-0.39, 0.29) is 23.2 Å². The molecule has 96 valence electrons. The first kappa shape index (κ1) is 12.8. The Bertz CT molecular complexity index is 394. The highest BCUT2D eigenvalue weighted by molar-refractivity contribution is 5.85. The van der Waals surface area contributed by atoms with E-state index in [4.69, 9.17) is 4.52 Å². The normalized spacial score (nSPS) is 25.1. The van der Waals surface area contributed by atoms with Crippen LogP contribution in [0.5, 0.6) is 0 Å². The molecule has 1 aromatic heterocycles. The Kier molecular flexibility index (Phi) is 3.21. The maximum Gasteiger partial charge on any atom is 0.232 e. The van der Waals surface area contributed by atoms with Gasteiger partial charge in [0.2, 0.25) is 5.89 Å². The Hall–Kier alpha value is -0.610. The van der Waals surface area contributed by atoms with Gasteiger partial charge < -0.3 is 9.84 Å². The molecule has 4 nitrogen and oxygen atoms in total. The van der Waals surface area contributed by atoms with Crippen molar-refractivity contribution in [2.45, 2.75) is 50.4 Å². The van der Waals surface area contributed by atoms with Crippen LogP contribution in [-0.2, 0) is 10.8 Å². The van der Waals surface area contributed by atoms with Crippen LogP contribution < -0.4 is 5.32 Å². The van der Waals surface area contributed by atoms with E-state index in [2.05, 4.69) is 29.3 Å². The Balaban J connectivity index is 0.00000108. The molecule has 1 N–H and O–H groups in total. The summed E-state index contributed by atoms with van der Waals surface area (Å²) in [6.45, 7) is 6.56. The quantitative estimate of drug-likeness (QED) is 0.882. The van der Waals surface area contributed by atoms with Crippen LogP contribution in [0, 0.1) is 0 Å². The molecule has 5 heteroatoms. The standard InChI is InChI=1S/C12H19N3O.ClH/c1-11(5-7-13-8-6-11)9-14-10(16-15-9)12(2)3-4-12;/h13H,3-8H2,1-2H3;1H. The summed E-state index contributed by atoms with van der Waals surface area (Å²) >= 11 is 0. The van der Waals surface area contributed by atoms with E-state index in [9.17, 15) is 0 Å². The second-order valence-corrected chi connectivity index (χ2v) is 5.79. The lowest BCUT2D eigenvalue weighted by Crippen LogP contribution is -2.38. The van der Waals surface area contributed by atoms with Crippen LogP contribution >= 0.6 is 12.4 Å². The van der Waals surface area contributed by atoms with E-state index >= 15 is 0 Å². The van der Waals surface area contributed by atoms with Gasteiger partial charge in [-0.2, -0.15) is 4.98 Å². The zero-order valence-corrected chi connectivity index (χ0v) is 11.3. The zero-order chi connectivity index (χ0) is 11.2. The van der Waals surface area contributed by atoms with Crippen LogP contribution in [0.3, 0.4) is 0 Å². The van der Waals surface area contributed by atoms with Gasteiger partial charge >= 0.3 is 0 Å². The number of hydrogen-bond donors (Lipinski definition) is 1. The number of nitrogens with zero attached hydrogens (tertiary/aromatic N) is 2. The molecule has 1 aromatic rings. The molecule has 0 aromatic carbocycles. The van der Waals surface area contributed by atoms with Gasteiger partial charge in [-0.15, -0.1) is 12.4 Å². The molecule has 1 aliphatic heterocycles. The van der Waals surface area contributed by atoms with Crippen LogP contribution in [0.15, 0.2) is 4.52 Å². The van der Waals surface area contributed by atoms with Crippen molar-refractivity contribution in [1.82, 2.24) is 15.5 Å². The minimum atomic E-state index is 0. The first-order chi connectivity index (χ1) is 7.62. The Labute approximate surface area is 108 Å². The zero-order valence-electron chi connectivity index (χ0n) is 10.5. The van der Waals surface area contributed by atoms with Gasteiger partial charge in [0.1, 0.15) is 0 Å². The van der Waals surface area contributed by atoms with Gasteiger partial charge in [0.05, 0.1) is 0 Å². The second-order valence-electron chi connectivity index (χ2n) is 5.79. The summed E-state index contributed by atoms with van der Waals surface area (Å²) in [7, 11) is 0. The maximum atomic E-state index is 5.43. The van der Waals surface area contributed by atoms with E-state index < -0.39 is 0 Å². The molecule has 3 rings (SSSR count). The molecule has 0 unspecified atom stereocenters. The smallest absolute Gasteiger partial charge is 0.232 e. The summed E-state index contributed by atoms with van der Waals surface area (Å²) in [6, 6.07) is 0. The van der Waals surface area contributed by atoms with Gasteiger partial charge in [-0.05, 0) is 38.8 Å². The minimum Gasteiger partial charge on any atom is -0.339 e. The second kappa shape index (κ2) is 4.25. The van der Waals surface area contributed by atoms with E-state index in [0.717, 1.165) is 37.6 Å². The molecule has 1 saturated heterocycles. The number of nitrogens with one attached hydrogen (secondary N) is 1. The monoisotopic (exact) mass is 257 g/mol. The molecule has 1 saturated carbocycles. The molecule has 1 aliphatic carbocycles. The van der Waals surface area contributed by atoms with Gasteiger partial charge in [0.25, 0.3) is 0 Å². The minimum absolute atomic E-state index is 0. The number of piperidine rings is 1. The molecule has 0 spiro atoms. The Morgan fingerprint density at radius 1 is 1.06 bits per heavy atom. The third-order valence-electron chi connectivity index (χ3n) is 4.19. The van der Waals surface area contributed by atoms with Crippen LogP contribution in [-0.4, -0.2) is 23.2 Å². The molecular weight excluding hydrogens is 238 g/mol. The Morgan fingerprint density at radius 3 is 2.29 bits per heavy atom. The maximum absolute atomic E-state index is 5.43. The first-order valence-corrected chi connectivity index (χ1v) is 6.18. The van der Waals surface area contributed by atoms with Crippen molar-refractivity contribution in [3.63, 3.8) is 0 Å². The molecule has 0 atom stereocenters. The molecule has 0 bridgehead atoms. The summed E-state index contributed by atoms with van der Waals surface area (Å²) in [5.41, 5.74) is 0.298. The van der Waals surface area contributed by atoms with Crippen molar-refractivity contribution in [3.05, 3.63) is 11.7 Å². The molecule has 2 heterocycles. The molecule has 17 heavy (non-hydrogen) atoms. The molecule has 0 amide bonds. The summed E-state index contributed by atoms with van der Waals surface area (Å²) in [6.07, 6.45) is 4.57. The number of aromatic nitrogens is 2. The van der Waals surface area contributed by atoms with Crippen molar-refractivity contribution in [2.24, 2.45) is 0 Å². The molecule has 0 radical (unpaired) electrons. The van der Waals surface area contributed by atoms with E-state index in [1.165, 1.54) is 12.8 Å². The van der Waals surface area contributed by atoms with Crippen molar-refractivity contribution in [2.75, 3.05) is 13.1 Å². The van der Waals surface area contributed by atoms with Crippen molar-refractivity contribution >= 4 is 12.4 Å². The fourth-order valence-corrected chi connectivity index (χ4v) is 2.32. The summed E-state index contributed by atoms with van der Waals surface area (Å²) in [5.74, 6) is 1.76. The summed E-state index contributed by atoms with van der Waals surface area (Å²) < 4.78 is 5.43. The van der Waals surface area contributed by atoms with Gasteiger partial charge in [0.15, 0.2) is 5.82 Å². The molecule has 2 fully saturated rings. The third kappa shape index (κ3) is 2.20. The van der Waals surface area contributed by atoms with Gasteiger partial charge in [-0.3, -0.25) is 0 Å². The van der Waals surface area contributed by atoms with Crippen LogP contribution in [0.25, 0.3) is 0 Å². The van der Waals surface area contributed by atoms with Crippen LogP contribution in [0.2, 0.25) is 0 Å². The van der Waals surface area contributed by atoms with Gasteiger partial charge in [-0.25, -0.2) is 0 Å².